The van der Waals surface area contributed by atoms with Crippen molar-refractivity contribution in [3.05, 3.63) is 33.9 Å². The van der Waals surface area contributed by atoms with E-state index in [0.717, 1.165) is 12.8 Å². The zero-order valence-electron chi connectivity index (χ0n) is 17.3. The van der Waals surface area contributed by atoms with E-state index >= 15 is 4.39 Å². The molecule has 2 N–H and O–H groups in total. The molecule has 2 fully saturated rings. The van der Waals surface area contributed by atoms with Crippen molar-refractivity contribution >= 4 is 22.6 Å². The molecule has 2 aromatic rings. The number of pyridine rings is 1. The Morgan fingerprint density at radius 3 is 2.84 bits per heavy atom. The van der Waals surface area contributed by atoms with Crippen molar-refractivity contribution in [3.8, 4) is 5.75 Å². The van der Waals surface area contributed by atoms with Gasteiger partial charge in [0.1, 0.15) is 17.9 Å². The lowest BCUT2D eigenvalue weighted by Crippen LogP contribution is -2.56. The van der Waals surface area contributed by atoms with Crippen LogP contribution in [0, 0.1) is 5.82 Å². The van der Waals surface area contributed by atoms with Gasteiger partial charge in [-0.15, -0.1) is 0 Å². The molecule has 2 aliphatic heterocycles. The zero-order valence-corrected chi connectivity index (χ0v) is 17.3. The van der Waals surface area contributed by atoms with Crippen molar-refractivity contribution in [2.75, 3.05) is 31.3 Å². The number of carbonyl (C=O) groups is 1. The van der Waals surface area contributed by atoms with Gasteiger partial charge in [-0.3, -0.25) is 4.79 Å². The molecule has 1 aliphatic carbocycles. The van der Waals surface area contributed by atoms with Gasteiger partial charge in [-0.05, 0) is 32.3 Å². The smallest absolute Gasteiger partial charge is 0.343 e. The van der Waals surface area contributed by atoms with Crippen LogP contribution in [0.1, 0.15) is 49.0 Å². The number of anilines is 1. The Kier molecular flexibility index (Phi) is 4.71. The lowest BCUT2D eigenvalue weighted by molar-refractivity contribution is -0.0470. The van der Waals surface area contributed by atoms with Crippen LogP contribution in [-0.2, 0) is 4.74 Å². The highest BCUT2D eigenvalue weighted by atomic mass is 19.1. The van der Waals surface area contributed by atoms with E-state index in [-0.39, 0.29) is 55.0 Å². The first kappa shape index (κ1) is 20.3. The Bertz CT molecular complexity index is 1130. The van der Waals surface area contributed by atoms with Crippen LogP contribution in [0.25, 0.3) is 10.9 Å². The van der Waals surface area contributed by atoms with Crippen LogP contribution >= 0.6 is 0 Å². The third-order valence-corrected chi connectivity index (χ3v) is 6.51. The molecule has 2 atom stereocenters. The molecular formula is C22H25FN2O6. The number of fused-ring (bicyclic) bond motifs is 5. The Morgan fingerprint density at radius 2 is 2.16 bits per heavy atom. The van der Waals surface area contributed by atoms with E-state index in [1.165, 1.54) is 12.3 Å². The monoisotopic (exact) mass is 432 g/mol. The van der Waals surface area contributed by atoms with Crippen molar-refractivity contribution < 1.29 is 28.9 Å². The summed E-state index contributed by atoms with van der Waals surface area (Å²) in [5.74, 6) is -1.04. The van der Waals surface area contributed by atoms with Gasteiger partial charge in [-0.1, -0.05) is 0 Å². The highest BCUT2D eigenvalue weighted by Crippen LogP contribution is 2.47. The summed E-state index contributed by atoms with van der Waals surface area (Å²) in [5, 5.41) is 20.1. The van der Waals surface area contributed by atoms with E-state index in [9.17, 15) is 19.8 Å². The van der Waals surface area contributed by atoms with Crippen LogP contribution in [0.2, 0.25) is 0 Å². The van der Waals surface area contributed by atoms with Crippen LogP contribution in [0.4, 0.5) is 10.1 Å². The van der Waals surface area contributed by atoms with Crippen LogP contribution < -0.4 is 15.1 Å². The van der Waals surface area contributed by atoms with Gasteiger partial charge >= 0.3 is 5.97 Å². The van der Waals surface area contributed by atoms with E-state index in [0.29, 0.717) is 24.2 Å². The molecule has 166 valence electrons. The predicted molar refractivity (Wildman–Crippen MR) is 110 cm³/mol. The summed E-state index contributed by atoms with van der Waals surface area (Å²) in [4.78, 5) is 27.3. The summed E-state index contributed by atoms with van der Waals surface area (Å²) >= 11 is 0. The largest absolute Gasteiger partial charge is 0.487 e. The van der Waals surface area contributed by atoms with E-state index in [2.05, 4.69) is 0 Å². The molecule has 0 amide bonds. The number of aromatic nitrogens is 1. The van der Waals surface area contributed by atoms with Gasteiger partial charge in [0.05, 0.1) is 35.8 Å². The van der Waals surface area contributed by atoms with Gasteiger partial charge in [0.2, 0.25) is 5.43 Å². The first-order chi connectivity index (χ1) is 14.9. The Balaban J connectivity index is 1.70. The second-order valence-electron chi connectivity index (χ2n) is 8.66. The number of benzene rings is 1. The fourth-order valence-corrected chi connectivity index (χ4v) is 4.77. The molecule has 1 aromatic heterocycles. The maximum Gasteiger partial charge on any atom is 0.343 e. The minimum Gasteiger partial charge on any atom is -0.487 e. The molecule has 0 spiro atoms. The third kappa shape index (κ3) is 3.18. The van der Waals surface area contributed by atoms with Crippen LogP contribution in [0.5, 0.6) is 5.75 Å². The van der Waals surface area contributed by atoms with Gasteiger partial charge < -0.3 is 29.2 Å². The molecule has 0 radical (unpaired) electrons. The highest BCUT2D eigenvalue weighted by Gasteiger charge is 2.43. The van der Waals surface area contributed by atoms with Crippen molar-refractivity contribution in [2.45, 2.75) is 50.3 Å². The number of ether oxygens (including phenoxy) is 2. The number of esters is 1. The molecule has 31 heavy (non-hydrogen) atoms. The predicted octanol–water partition coefficient (Wildman–Crippen LogP) is 1.74. The Morgan fingerprint density at radius 1 is 1.39 bits per heavy atom. The van der Waals surface area contributed by atoms with E-state index < -0.39 is 22.8 Å². The molecule has 1 aromatic carbocycles. The number of hydrogen-bond donors (Lipinski definition) is 2. The second-order valence-corrected chi connectivity index (χ2v) is 8.66. The van der Waals surface area contributed by atoms with Crippen LogP contribution in [-0.4, -0.2) is 58.8 Å². The van der Waals surface area contributed by atoms with E-state index in [4.69, 9.17) is 9.47 Å². The standard InChI is InChI=1S/C22H25FN2O6/c1-2-30-21(28)15-9-25(12-3-4-12)17-14(19(15)27)7-16(23)18-20(17)31-10-13-8-22(29,11-26)5-6-24(13)18/h7,9,12-13,26,29H,2-6,8,10-11H2,1H3/t13-,22+/m0/s1. The minimum atomic E-state index is -1.21. The summed E-state index contributed by atoms with van der Waals surface area (Å²) in [6.45, 7) is 2.00. The molecule has 5 rings (SSSR count). The topological polar surface area (TPSA) is 101 Å². The fraction of sp³-hybridized carbons (Fsp3) is 0.545. The zero-order chi connectivity index (χ0) is 21.9. The normalized spacial score (nSPS) is 25.0. The van der Waals surface area contributed by atoms with Crippen molar-refractivity contribution in [3.63, 3.8) is 0 Å². The number of aliphatic hydroxyl groups is 2. The summed E-state index contributed by atoms with van der Waals surface area (Å²) in [6.07, 6.45) is 3.85. The number of rotatable bonds is 4. The summed E-state index contributed by atoms with van der Waals surface area (Å²) in [7, 11) is 0. The first-order valence-corrected chi connectivity index (χ1v) is 10.7. The average molecular weight is 432 g/mol. The molecule has 0 unspecified atom stereocenters. The first-order valence-electron chi connectivity index (χ1n) is 10.7. The quantitative estimate of drug-likeness (QED) is 0.710. The molecule has 9 heteroatoms. The number of piperidine rings is 1. The van der Waals surface area contributed by atoms with Gasteiger partial charge in [-0.2, -0.15) is 0 Å². The molecule has 3 aliphatic rings. The molecule has 3 heterocycles. The molecule has 1 saturated heterocycles. The van der Waals surface area contributed by atoms with Gasteiger partial charge in [0, 0.05) is 25.2 Å². The fourth-order valence-electron chi connectivity index (χ4n) is 4.77. The average Bonchev–Trinajstić information content (AvgIpc) is 3.59. The third-order valence-electron chi connectivity index (χ3n) is 6.51. The summed E-state index contributed by atoms with van der Waals surface area (Å²) < 4.78 is 28.2. The van der Waals surface area contributed by atoms with Crippen LogP contribution in [0.15, 0.2) is 17.1 Å². The Labute approximate surface area is 177 Å². The van der Waals surface area contributed by atoms with Gasteiger partial charge in [0.15, 0.2) is 11.6 Å². The number of aliphatic hydroxyl groups excluding tert-OH is 1. The van der Waals surface area contributed by atoms with Gasteiger partial charge in [-0.25, -0.2) is 9.18 Å². The summed E-state index contributed by atoms with van der Waals surface area (Å²) in [6, 6.07) is 0.995. The minimum absolute atomic E-state index is 0.0935. The second kappa shape index (κ2) is 7.20. The van der Waals surface area contributed by atoms with Crippen molar-refractivity contribution in [1.29, 1.82) is 0 Å². The summed E-state index contributed by atoms with van der Waals surface area (Å²) in [5.41, 5.74) is -1.15. The molecule has 0 bridgehead atoms. The highest BCUT2D eigenvalue weighted by molar-refractivity contribution is 5.98. The maximum atomic E-state index is 15.4. The molecular weight excluding hydrogens is 407 g/mol. The lowest BCUT2D eigenvalue weighted by Gasteiger charge is -2.47. The maximum absolute atomic E-state index is 15.4. The van der Waals surface area contributed by atoms with E-state index in [1.807, 2.05) is 9.47 Å². The van der Waals surface area contributed by atoms with Crippen molar-refractivity contribution in [2.24, 2.45) is 0 Å². The molecule has 8 nitrogen and oxygen atoms in total. The number of nitrogens with zero attached hydrogens (tertiary/aromatic N) is 2. The van der Waals surface area contributed by atoms with Crippen molar-refractivity contribution in [1.82, 2.24) is 4.57 Å². The van der Waals surface area contributed by atoms with Crippen LogP contribution in [0.3, 0.4) is 0 Å². The number of hydrogen-bond acceptors (Lipinski definition) is 7. The van der Waals surface area contributed by atoms with E-state index in [1.54, 1.807) is 6.92 Å². The SMILES string of the molecule is CCOC(=O)c1cn(C2CC2)c2c3c(c(F)cc2c1=O)N1CC[C@](O)(CO)C[C@H]1CO3. The number of carbonyl (C=O) groups excluding carboxylic acids is 1. The van der Waals surface area contributed by atoms with Gasteiger partial charge in [0.25, 0.3) is 0 Å². The molecule has 1 saturated carbocycles. The number of halogens is 1. The lowest BCUT2D eigenvalue weighted by atomic mass is 9.86. The Hall–Kier alpha value is -2.65.